The van der Waals surface area contributed by atoms with Gasteiger partial charge in [-0.25, -0.2) is 0 Å². The first kappa shape index (κ1) is 15.9. The van der Waals surface area contributed by atoms with Gasteiger partial charge in [0, 0.05) is 15.7 Å². The third kappa shape index (κ3) is 6.02. The number of halogens is 5. The van der Waals surface area contributed by atoms with Crippen molar-refractivity contribution in [3.8, 4) is 0 Å². The maximum atomic E-state index is 11.9. The molecule has 0 saturated carbocycles. The number of hydrogen-bond acceptors (Lipinski definition) is 2. The Morgan fingerprint density at radius 3 is 2.26 bits per heavy atom. The number of anilines is 1. The number of benzene rings is 1. The van der Waals surface area contributed by atoms with Crippen molar-refractivity contribution in [2.75, 3.05) is 11.9 Å². The van der Waals surface area contributed by atoms with Crippen LogP contribution in [0.25, 0.3) is 0 Å². The molecule has 0 saturated heterocycles. The Bertz CT molecular complexity index is 445. The van der Waals surface area contributed by atoms with E-state index in [2.05, 4.69) is 5.32 Å². The van der Waals surface area contributed by atoms with E-state index < -0.39 is 24.7 Å². The van der Waals surface area contributed by atoms with Gasteiger partial charge in [0.1, 0.15) is 12.6 Å². The molecule has 3 nitrogen and oxygen atoms in total. The number of amides is 1. The Morgan fingerprint density at radius 1 is 1.26 bits per heavy atom. The Morgan fingerprint density at radius 2 is 1.79 bits per heavy atom. The molecule has 0 aromatic heterocycles. The maximum absolute atomic E-state index is 11.9. The number of alkyl halides is 3. The van der Waals surface area contributed by atoms with Crippen molar-refractivity contribution in [1.29, 1.82) is 0 Å². The van der Waals surface area contributed by atoms with E-state index >= 15 is 0 Å². The van der Waals surface area contributed by atoms with Crippen molar-refractivity contribution in [1.82, 2.24) is 5.32 Å². The first-order valence-electron chi connectivity index (χ1n) is 5.24. The van der Waals surface area contributed by atoms with Crippen LogP contribution in [0.1, 0.15) is 6.92 Å². The normalized spacial score (nSPS) is 12.9. The molecule has 1 rings (SSSR count). The zero-order valence-electron chi connectivity index (χ0n) is 9.81. The summed E-state index contributed by atoms with van der Waals surface area (Å²) in [7, 11) is 0. The van der Waals surface area contributed by atoms with E-state index in [0.717, 1.165) is 0 Å². The first-order valence-corrected chi connectivity index (χ1v) is 6.00. The minimum absolute atomic E-state index is 0.359. The lowest BCUT2D eigenvalue weighted by molar-refractivity contribution is -0.138. The van der Waals surface area contributed by atoms with Crippen LogP contribution in [-0.4, -0.2) is 24.7 Å². The van der Waals surface area contributed by atoms with E-state index in [9.17, 15) is 18.0 Å². The minimum Gasteiger partial charge on any atom is -0.374 e. The summed E-state index contributed by atoms with van der Waals surface area (Å²) in [4.78, 5) is 11.4. The molecule has 0 aliphatic carbocycles. The second-order valence-electron chi connectivity index (χ2n) is 3.86. The molecule has 1 unspecified atom stereocenters. The van der Waals surface area contributed by atoms with E-state index in [1.54, 1.807) is 5.32 Å². The Kier molecular flexibility index (Phi) is 5.31. The molecular weight excluding hydrogens is 304 g/mol. The Hall–Kier alpha value is -1.14. The summed E-state index contributed by atoms with van der Waals surface area (Å²) in [5.41, 5.74) is 0.451. The lowest BCUT2D eigenvalue weighted by atomic mass is 10.2. The van der Waals surface area contributed by atoms with Crippen molar-refractivity contribution in [2.45, 2.75) is 19.1 Å². The highest BCUT2D eigenvalue weighted by Gasteiger charge is 2.28. The first-order chi connectivity index (χ1) is 8.67. The van der Waals surface area contributed by atoms with Crippen LogP contribution in [0.2, 0.25) is 10.0 Å². The lowest BCUT2D eigenvalue weighted by Gasteiger charge is -2.16. The molecule has 106 valence electrons. The molecule has 1 atom stereocenters. The second kappa shape index (κ2) is 6.34. The van der Waals surface area contributed by atoms with Crippen LogP contribution >= 0.6 is 23.2 Å². The highest BCUT2D eigenvalue weighted by atomic mass is 35.5. The fraction of sp³-hybridized carbons (Fsp3) is 0.364. The number of hydrogen-bond donors (Lipinski definition) is 2. The van der Waals surface area contributed by atoms with Crippen molar-refractivity contribution in [3.05, 3.63) is 28.2 Å². The van der Waals surface area contributed by atoms with Crippen LogP contribution in [0.5, 0.6) is 0 Å². The molecule has 0 aliphatic rings. The molecule has 8 heteroatoms. The average Bonchev–Trinajstić information content (AvgIpc) is 2.23. The molecule has 19 heavy (non-hydrogen) atoms. The van der Waals surface area contributed by atoms with E-state index in [4.69, 9.17) is 23.2 Å². The molecule has 2 N–H and O–H groups in total. The largest absolute Gasteiger partial charge is 0.405 e. The standard InChI is InChI=1S/C11H11Cl2F3N2O/c1-6(10(19)17-5-11(14,15)16)18-9-3-7(12)2-8(13)4-9/h2-4,6,18H,5H2,1H3,(H,17,19). The van der Waals surface area contributed by atoms with Crippen LogP contribution in [0, 0.1) is 0 Å². The SMILES string of the molecule is CC(Nc1cc(Cl)cc(Cl)c1)C(=O)NCC(F)(F)F. The van der Waals surface area contributed by atoms with Gasteiger partial charge in [-0.3, -0.25) is 4.79 Å². The number of carbonyl (C=O) groups excluding carboxylic acids is 1. The zero-order valence-corrected chi connectivity index (χ0v) is 11.3. The van der Waals surface area contributed by atoms with Crippen LogP contribution < -0.4 is 10.6 Å². The summed E-state index contributed by atoms with van der Waals surface area (Å²) in [5, 5.41) is 5.21. The van der Waals surface area contributed by atoms with E-state index in [1.807, 2.05) is 0 Å². The number of nitrogens with one attached hydrogen (secondary N) is 2. The van der Waals surface area contributed by atoms with Gasteiger partial charge in [0.15, 0.2) is 0 Å². The number of rotatable bonds is 4. The molecule has 0 radical (unpaired) electrons. The van der Waals surface area contributed by atoms with Crippen molar-refractivity contribution in [3.63, 3.8) is 0 Å². The van der Waals surface area contributed by atoms with Gasteiger partial charge in [0.25, 0.3) is 0 Å². The van der Waals surface area contributed by atoms with Gasteiger partial charge >= 0.3 is 6.18 Å². The summed E-state index contributed by atoms with van der Waals surface area (Å²) in [5.74, 6) is -0.770. The van der Waals surface area contributed by atoms with Gasteiger partial charge in [0.2, 0.25) is 5.91 Å². The summed E-state index contributed by atoms with van der Waals surface area (Å²) < 4.78 is 35.8. The second-order valence-corrected chi connectivity index (χ2v) is 4.73. The van der Waals surface area contributed by atoms with E-state index in [1.165, 1.54) is 25.1 Å². The highest BCUT2D eigenvalue weighted by Crippen LogP contribution is 2.23. The van der Waals surface area contributed by atoms with Gasteiger partial charge in [-0.15, -0.1) is 0 Å². The van der Waals surface area contributed by atoms with Gasteiger partial charge in [0.05, 0.1) is 0 Å². The lowest BCUT2D eigenvalue weighted by Crippen LogP contribution is -2.42. The third-order valence-corrected chi connectivity index (χ3v) is 2.54. The molecule has 0 aliphatic heterocycles. The van der Waals surface area contributed by atoms with Crippen LogP contribution in [-0.2, 0) is 4.79 Å². The van der Waals surface area contributed by atoms with Crippen molar-refractivity contribution < 1.29 is 18.0 Å². The third-order valence-electron chi connectivity index (χ3n) is 2.10. The van der Waals surface area contributed by atoms with E-state index in [0.29, 0.717) is 15.7 Å². The Balaban J connectivity index is 2.58. The van der Waals surface area contributed by atoms with Gasteiger partial charge < -0.3 is 10.6 Å². The molecule has 0 spiro atoms. The zero-order chi connectivity index (χ0) is 14.6. The van der Waals surface area contributed by atoms with Gasteiger partial charge in [-0.05, 0) is 25.1 Å². The summed E-state index contributed by atoms with van der Waals surface area (Å²) in [6.45, 7) is 0.0642. The fourth-order valence-electron chi connectivity index (χ4n) is 1.29. The topological polar surface area (TPSA) is 41.1 Å². The molecule has 0 heterocycles. The Labute approximate surface area is 118 Å². The highest BCUT2D eigenvalue weighted by molar-refractivity contribution is 6.35. The van der Waals surface area contributed by atoms with Crippen LogP contribution in [0.15, 0.2) is 18.2 Å². The minimum atomic E-state index is -4.44. The van der Waals surface area contributed by atoms with Gasteiger partial charge in [-0.2, -0.15) is 13.2 Å². The molecule has 0 bridgehead atoms. The van der Waals surface area contributed by atoms with Gasteiger partial charge in [-0.1, -0.05) is 23.2 Å². The monoisotopic (exact) mass is 314 g/mol. The smallest absolute Gasteiger partial charge is 0.374 e. The van der Waals surface area contributed by atoms with Crippen molar-refractivity contribution in [2.24, 2.45) is 0 Å². The summed E-state index contributed by atoms with van der Waals surface area (Å²) >= 11 is 11.5. The predicted molar refractivity (Wildman–Crippen MR) is 68.6 cm³/mol. The van der Waals surface area contributed by atoms with Crippen LogP contribution in [0.4, 0.5) is 18.9 Å². The quantitative estimate of drug-likeness (QED) is 0.893. The summed E-state index contributed by atoms with van der Waals surface area (Å²) in [6, 6.07) is 3.68. The molecule has 1 amide bonds. The number of carbonyl (C=O) groups is 1. The average molecular weight is 315 g/mol. The van der Waals surface area contributed by atoms with Crippen molar-refractivity contribution >= 4 is 34.8 Å². The fourth-order valence-corrected chi connectivity index (χ4v) is 1.82. The molecule has 1 aromatic rings. The maximum Gasteiger partial charge on any atom is 0.405 e. The van der Waals surface area contributed by atoms with Crippen LogP contribution in [0.3, 0.4) is 0 Å². The van der Waals surface area contributed by atoms with E-state index in [-0.39, 0.29) is 0 Å². The summed E-state index contributed by atoms with van der Waals surface area (Å²) in [6.07, 6.45) is -4.44. The predicted octanol–water partition coefficient (Wildman–Crippen LogP) is 3.47. The molecule has 1 aromatic carbocycles. The molecule has 0 fully saturated rings. The molecular formula is C11H11Cl2F3N2O.